The number of rotatable bonds is 5. The molecule has 1 aliphatic carbocycles. The van der Waals surface area contributed by atoms with Gasteiger partial charge in [0.15, 0.2) is 0 Å². The highest BCUT2D eigenvalue weighted by Crippen LogP contribution is 2.42. The van der Waals surface area contributed by atoms with Gasteiger partial charge in [-0.3, -0.25) is 0 Å². The molecule has 1 fully saturated rings. The van der Waals surface area contributed by atoms with E-state index in [4.69, 9.17) is 5.73 Å². The van der Waals surface area contributed by atoms with E-state index in [9.17, 15) is 4.79 Å². The van der Waals surface area contributed by atoms with Crippen molar-refractivity contribution in [3.8, 4) is 0 Å². The van der Waals surface area contributed by atoms with Gasteiger partial charge in [-0.1, -0.05) is 38.1 Å². The molecule has 4 heteroatoms. The second kappa shape index (κ2) is 7.81. The first-order valence-corrected chi connectivity index (χ1v) is 9.40. The normalized spacial score (nSPS) is 16.8. The van der Waals surface area contributed by atoms with E-state index >= 15 is 0 Å². The Hall–Kier alpha value is -2.49. The Balaban J connectivity index is 1.56. The number of urea groups is 1. The first-order chi connectivity index (χ1) is 12.4. The number of amides is 2. The molecule has 26 heavy (non-hydrogen) atoms. The number of carbonyl (C=O) groups is 1. The van der Waals surface area contributed by atoms with Crippen LogP contribution >= 0.6 is 0 Å². The van der Waals surface area contributed by atoms with Gasteiger partial charge in [0.05, 0.1) is 0 Å². The third-order valence-electron chi connectivity index (χ3n) is 5.43. The standard InChI is InChI=1S/C22H29N3O/c1-22(2)13-11-18(12-14-22)17-5-9-20(10-6-17)25-19-7-3-16(4-8-19)15-24-21(23)26/h3-10,18,25H,11-15H2,1-2H3,(H3,23,24,26). The number of hydrogen-bond acceptors (Lipinski definition) is 2. The molecule has 4 N–H and O–H groups in total. The highest BCUT2D eigenvalue weighted by molar-refractivity contribution is 5.71. The lowest BCUT2D eigenvalue weighted by atomic mass is 9.71. The number of primary amides is 1. The molecular weight excluding hydrogens is 322 g/mol. The number of benzene rings is 2. The second-order valence-corrected chi connectivity index (χ2v) is 8.10. The lowest BCUT2D eigenvalue weighted by molar-refractivity contribution is 0.224. The molecule has 0 aromatic heterocycles. The van der Waals surface area contributed by atoms with Gasteiger partial charge in [0.1, 0.15) is 0 Å². The molecule has 2 amide bonds. The summed E-state index contributed by atoms with van der Waals surface area (Å²) in [6.07, 6.45) is 5.21. The molecule has 0 spiro atoms. The van der Waals surface area contributed by atoms with E-state index in [-0.39, 0.29) is 0 Å². The maximum atomic E-state index is 10.8. The predicted octanol–water partition coefficient (Wildman–Crippen LogP) is 5.28. The SMILES string of the molecule is CC1(C)CCC(c2ccc(Nc3ccc(CNC(N)=O)cc3)cc2)CC1. The van der Waals surface area contributed by atoms with Crippen LogP contribution in [0.3, 0.4) is 0 Å². The summed E-state index contributed by atoms with van der Waals surface area (Å²) in [5.41, 5.74) is 10.2. The molecule has 1 aliphatic rings. The average Bonchev–Trinajstić information content (AvgIpc) is 2.62. The van der Waals surface area contributed by atoms with E-state index in [1.54, 1.807) is 0 Å². The van der Waals surface area contributed by atoms with Gasteiger partial charge in [-0.05, 0) is 72.4 Å². The van der Waals surface area contributed by atoms with E-state index in [1.165, 1.54) is 31.2 Å². The number of hydrogen-bond donors (Lipinski definition) is 3. The van der Waals surface area contributed by atoms with Gasteiger partial charge in [-0.2, -0.15) is 0 Å². The quantitative estimate of drug-likeness (QED) is 0.686. The van der Waals surface area contributed by atoms with E-state index in [1.807, 2.05) is 24.3 Å². The molecule has 0 atom stereocenters. The van der Waals surface area contributed by atoms with Crippen LogP contribution in [-0.4, -0.2) is 6.03 Å². The second-order valence-electron chi connectivity index (χ2n) is 8.10. The van der Waals surface area contributed by atoms with Gasteiger partial charge in [0.2, 0.25) is 0 Å². The van der Waals surface area contributed by atoms with Crippen LogP contribution in [0.15, 0.2) is 48.5 Å². The lowest BCUT2D eigenvalue weighted by Crippen LogP contribution is -2.28. The van der Waals surface area contributed by atoms with Crippen LogP contribution in [0.4, 0.5) is 16.2 Å². The summed E-state index contributed by atoms with van der Waals surface area (Å²) in [5.74, 6) is 0.703. The van der Waals surface area contributed by atoms with Crippen molar-refractivity contribution in [2.45, 2.75) is 52.0 Å². The molecular formula is C22H29N3O. The zero-order chi connectivity index (χ0) is 18.6. The summed E-state index contributed by atoms with van der Waals surface area (Å²) in [7, 11) is 0. The van der Waals surface area contributed by atoms with E-state index < -0.39 is 6.03 Å². The third kappa shape index (κ3) is 5.01. The Labute approximate surface area is 156 Å². The molecule has 138 valence electrons. The lowest BCUT2D eigenvalue weighted by Gasteiger charge is -2.34. The monoisotopic (exact) mass is 351 g/mol. The summed E-state index contributed by atoms with van der Waals surface area (Å²) < 4.78 is 0. The maximum Gasteiger partial charge on any atom is 0.312 e. The Morgan fingerprint density at radius 1 is 1.00 bits per heavy atom. The first kappa shape index (κ1) is 18.3. The van der Waals surface area contributed by atoms with Crippen LogP contribution in [0.5, 0.6) is 0 Å². The molecule has 3 rings (SSSR count). The van der Waals surface area contributed by atoms with Crippen LogP contribution in [-0.2, 0) is 6.54 Å². The molecule has 0 bridgehead atoms. The molecule has 4 nitrogen and oxygen atoms in total. The van der Waals surface area contributed by atoms with Gasteiger partial charge in [0, 0.05) is 17.9 Å². The van der Waals surface area contributed by atoms with Crippen molar-refractivity contribution in [1.82, 2.24) is 5.32 Å². The van der Waals surface area contributed by atoms with Crippen LogP contribution in [0.2, 0.25) is 0 Å². The summed E-state index contributed by atoms with van der Waals surface area (Å²) >= 11 is 0. The largest absolute Gasteiger partial charge is 0.356 e. The molecule has 0 radical (unpaired) electrons. The van der Waals surface area contributed by atoms with Gasteiger partial charge in [-0.15, -0.1) is 0 Å². The van der Waals surface area contributed by atoms with Gasteiger partial charge < -0.3 is 16.4 Å². The van der Waals surface area contributed by atoms with Crippen molar-refractivity contribution in [2.75, 3.05) is 5.32 Å². The summed E-state index contributed by atoms with van der Waals surface area (Å²) in [4.78, 5) is 10.8. The fourth-order valence-corrected chi connectivity index (χ4v) is 3.63. The van der Waals surface area contributed by atoms with Gasteiger partial charge in [0.25, 0.3) is 0 Å². The molecule has 0 aliphatic heterocycles. The topological polar surface area (TPSA) is 67.2 Å². The highest BCUT2D eigenvalue weighted by atomic mass is 16.2. The minimum atomic E-state index is -0.506. The van der Waals surface area contributed by atoms with Crippen molar-refractivity contribution in [3.05, 3.63) is 59.7 Å². The van der Waals surface area contributed by atoms with E-state index in [2.05, 4.69) is 48.7 Å². The molecule has 0 heterocycles. The van der Waals surface area contributed by atoms with Crippen molar-refractivity contribution < 1.29 is 4.79 Å². The van der Waals surface area contributed by atoms with Crippen molar-refractivity contribution in [2.24, 2.45) is 11.1 Å². The third-order valence-corrected chi connectivity index (χ3v) is 5.43. The minimum Gasteiger partial charge on any atom is -0.356 e. The highest BCUT2D eigenvalue weighted by Gasteiger charge is 2.27. The van der Waals surface area contributed by atoms with Crippen molar-refractivity contribution >= 4 is 17.4 Å². The number of anilines is 2. The zero-order valence-electron chi connectivity index (χ0n) is 15.7. The van der Waals surface area contributed by atoms with Crippen LogP contribution < -0.4 is 16.4 Å². The Kier molecular flexibility index (Phi) is 5.50. The molecule has 2 aromatic carbocycles. The van der Waals surface area contributed by atoms with Crippen LogP contribution in [0.25, 0.3) is 0 Å². The van der Waals surface area contributed by atoms with E-state index in [0.717, 1.165) is 16.9 Å². The first-order valence-electron chi connectivity index (χ1n) is 9.40. The summed E-state index contributed by atoms with van der Waals surface area (Å²) in [5, 5.41) is 6.02. The number of carbonyl (C=O) groups excluding carboxylic acids is 1. The fraction of sp³-hybridized carbons (Fsp3) is 0.409. The molecule has 0 saturated heterocycles. The van der Waals surface area contributed by atoms with Crippen LogP contribution in [0, 0.1) is 5.41 Å². The Bertz CT molecular complexity index is 725. The molecule has 0 unspecified atom stereocenters. The predicted molar refractivity (Wildman–Crippen MR) is 108 cm³/mol. The van der Waals surface area contributed by atoms with Crippen molar-refractivity contribution in [3.63, 3.8) is 0 Å². The fourth-order valence-electron chi connectivity index (χ4n) is 3.63. The summed E-state index contributed by atoms with van der Waals surface area (Å²) in [6, 6.07) is 16.3. The number of nitrogens with one attached hydrogen (secondary N) is 2. The maximum absolute atomic E-state index is 10.8. The average molecular weight is 351 g/mol. The van der Waals surface area contributed by atoms with Crippen LogP contribution in [0.1, 0.15) is 56.6 Å². The number of nitrogens with two attached hydrogens (primary N) is 1. The van der Waals surface area contributed by atoms with Gasteiger partial charge >= 0.3 is 6.03 Å². The summed E-state index contributed by atoms with van der Waals surface area (Å²) in [6.45, 7) is 5.21. The van der Waals surface area contributed by atoms with Gasteiger partial charge in [-0.25, -0.2) is 4.79 Å². The Morgan fingerprint density at radius 2 is 1.54 bits per heavy atom. The molecule has 1 saturated carbocycles. The van der Waals surface area contributed by atoms with Crippen molar-refractivity contribution in [1.29, 1.82) is 0 Å². The zero-order valence-corrected chi connectivity index (χ0v) is 15.7. The molecule has 2 aromatic rings. The smallest absolute Gasteiger partial charge is 0.312 e. The minimum absolute atomic E-state index is 0.447. The van der Waals surface area contributed by atoms with E-state index in [0.29, 0.717) is 17.9 Å². The Morgan fingerprint density at radius 3 is 2.08 bits per heavy atom.